The molecule has 2 aromatic rings. The van der Waals surface area contributed by atoms with Crippen molar-refractivity contribution in [3.8, 4) is 0 Å². The Kier molecular flexibility index (Phi) is 6.80. The fourth-order valence-corrected chi connectivity index (χ4v) is 5.68. The normalized spacial score (nSPS) is 18.1. The summed E-state index contributed by atoms with van der Waals surface area (Å²) >= 11 is 0. The molecule has 0 aromatic heterocycles. The fourth-order valence-electron chi connectivity index (χ4n) is 3.02. The molecule has 1 N–H and O–H groups in total. The summed E-state index contributed by atoms with van der Waals surface area (Å²) in [4.78, 5) is 5.06. The highest BCUT2D eigenvalue weighted by Gasteiger charge is 2.26. The van der Waals surface area contributed by atoms with E-state index in [-0.39, 0.29) is 0 Å². The molecular formula is C23H27N2P. The van der Waals surface area contributed by atoms with E-state index in [1.54, 1.807) is 0 Å². The molecule has 1 aliphatic rings. The first-order chi connectivity index (χ1) is 12.7. The lowest BCUT2D eigenvalue weighted by atomic mass is 10.2. The molecule has 0 spiro atoms. The average molecular weight is 362 g/mol. The van der Waals surface area contributed by atoms with Crippen molar-refractivity contribution < 1.29 is 0 Å². The Hall–Kier alpha value is -2.18. The first kappa shape index (κ1) is 18.6. The number of allylic oxidation sites excluding steroid dienone is 4. The summed E-state index contributed by atoms with van der Waals surface area (Å²) in [5.74, 6) is 0. The molecule has 2 atom stereocenters. The van der Waals surface area contributed by atoms with Crippen LogP contribution in [0, 0.1) is 0 Å². The number of nitrogens with zero attached hydrogens (tertiary/aromatic N) is 1. The molecule has 0 amide bonds. The molecule has 0 radical (unpaired) electrons. The van der Waals surface area contributed by atoms with Crippen LogP contribution in [0.2, 0.25) is 0 Å². The first-order valence-corrected chi connectivity index (χ1v) is 10.7. The molecule has 0 saturated carbocycles. The van der Waals surface area contributed by atoms with Crippen LogP contribution in [0.4, 0.5) is 0 Å². The van der Waals surface area contributed by atoms with Crippen LogP contribution in [0.25, 0.3) is 0 Å². The van der Waals surface area contributed by atoms with E-state index in [0.29, 0.717) is 18.2 Å². The van der Waals surface area contributed by atoms with E-state index in [1.807, 2.05) is 0 Å². The maximum Gasteiger partial charge on any atom is 0.125 e. The van der Waals surface area contributed by atoms with Gasteiger partial charge in [-0.05, 0) is 31.1 Å². The van der Waals surface area contributed by atoms with Crippen molar-refractivity contribution in [1.29, 1.82) is 0 Å². The minimum atomic E-state index is -0.565. The predicted octanol–water partition coefficient (Wildman–Crippen LogP) is 5.23. The number of nitrogens with one attached hydrogen (secondary N) is 1. The molecule has 3 heteroatoms. The minimum absolute atomic E-state index is 0.362. The van der Waals surface area contributed by atoms with Gasteiger partial charge in [0, 0.05) is 19.6 Å². The zero-order valence-electron chi connectivity index (χ0n) is 15.5. The van der Waals surface area contributed by atoms with E-state index < -0.39 is 7.92 Å². The SMILES string of the molecule is CC(C)NC(=NCc1ccccc1)P(c1ccccc1)C1C=CC=CC1. The van der Waals surface area contributed by atoms with Gasteiger partial charge in [-0.3, -0.25) is 4.99 Å². The van der Waals surface area contributed by atoms with Crippen molar-refractivity contribution >= 4 is 18.8 Å². The van der Waals surface area contributed by atoms with E-state index >= 15 is 0 Å². The molecular weight excluding hydrogens is 335 g/mol. The van der Waals surface area contributed by atoms with Crippen molar-refractivity contribution in [3.05, 3.63) is 90.5 Å². The highest BCUT2D eigenvalue weighted by atomic mass is 31.1. The molecule has 0 heterocycles. The highest BCUT2D eigenvalue weighted by Crippen LogP contribution is 2.45. The van der Waals surface area contributed by atoms with Crippen LogP contribution in [0.3, 0.4) is 0 Å². The number of amidine groups is 1. The van der Waals surface area contributed by atoms with Gasteiger partial charge in [-0.1, -0.05) is 85.0 Å². The molecule has 3 rings (SSSR count). The fraction of sp³-hybridized carbons (Fsp3) is 0.261. The third-order valence-corrected chi connectivity index (χ3v) is 6.85. The molecule has 0 aliphatic heterocycles. The van der Waals surface area contributed by atoms with Gasteiger partial charge in [-0.15, -0.1) is 0 Å². The highest BCUT2D eigenvalue weighted by molar-refractivity contribution is 7.82. The van der Waals surface area contributed by atoms with Crippen molar-refractivity contribution in [2.45, 2.75) is 38.5 Å². The molecule has 2 unspecified atom stereocenters. The van der Waals surface area contributed by atoms with Crippen LogP contribution >= 0.6 is 7.92 Å². The summed E-state index contributed by atoms with van der Waals surface area (Å²) < 4.78 is 0. The molecule has 2 aromatic carbocycles. The van der Waals surface area contributed by atoms with Gasteiger partial charge in [0.05, 0.1) is 6.54 Å². The van der Waals surface area contributed by atoms with Crippen molar-refractivity contribution in [2.24, 2.45) is 4.99 Å². The van der Waals surface area contributed by atoms with E-state index in [1.165, 1.54) is 10.9 Å². The number of benzene rings is 2. The van der Waals surface area contributed by atoms with Gasteiger partial charge < -0.3 is 5.32 Å². The van der Waals surface area contributed by atoms with Gasteiger partial charge in [-0.2, -0.15) is 0 Å². The summed E-state index contributed by atoms with van der Waals surface area (Å²) in [6.07, 6.45) is 10.0. The lowest BCUT2D eigenvalue weighted by Crippen LogP contribution is -2.34. The smallest absolute Gasteiger partial charge is 0.125 e. The van der Waals surface area contributed by atoms with Crippen molar-refractivity contribution in [1.82, 2.24) is 5.32 Å². The molecule has 134 valence electrons. The van der Waals surface area contributed by atoms with Crippen LogP contribution in [0.15, 0.2) is 90.0 Å². The Morgan fingerprint density at radius 1 is 1.04 bits per heavy atom. The number of hydrogen-bond acceptors (Lipinski definition) is 1. The maximum atomic E-state index is 5.06. The van der Waals surface area contributed by atoms with Gasteiger partial charge in [0.1, 0.15) is 5.58 Å². The first-order valence-electron chi connectivity index (χ1n) is 9.26. The summed E-state index contributed by atoms with van der Waals surface area (Å²) in [5.41, 5.74) is 2.88. The topological polar surface area (TPSA) is 24.4 Å². The standard InChI is InChI=1S/C23H27N2P/c1-19(2)25-23(24-18-20-12-6-3-7-13-20)26(21-14-8-4-9-15-21)22-16-10-5-11-17-22/h3-16,19,22H,17-18H2,1-2H3,(H,24,25). The quantitative estimate of drug-likeness (QED) is 0.425. The van der Waals surface area contributed by atoms with Crippen LogP contribution in [-0.4, -0.2) is 17.3 Å². The summed E-state index contributed by atoms with van der Waals surface area (Å²) in [5, 5.41) is 5.05. The van der Waals surface area contributed by atoms with Gasteiger partial charge in [-0.25, -0.2) is 0 Å². The zero-order valence-corrected chi connectivity index (χ0v) is 16.4. The van der Waals surface area contributed by atoms with E-state index in [0.717, 1.165) is 12.0 Å². The van der Waals surface area contributed by atoms with E-state index in [4.69, 9.17) is 4.99 Å². The largest absolute Gasteiger partial charge is 0.368 e. The second-order valence-electron chi connectivity index (χ2n) is 6.75. The summed E-state index contributed by atoms with van der Waals surface area (Å²) in [6, 6.07) is 21.7. The molecule has 0 fully saturated rings. The van der Waals surface area contributed by atoms with Crippen LogP contribution in [0.5, 0.6) is 0 Å². The summed E-state index contributed by atoms with van der Waals surface area (Å²) in [7, 11) is -0.565. The molecule has 0 bridgehead atoms. The average Bonchev–Trinajstić information content (AvgIpc) is 2.68. The Labute approximate surface area is 158 Å². The number of rotatable bonds is 6. The Bertz CT molecular complexity index is 763. The van der Waals surface area contributed by atoms with Gasteiger partial charge in [0.25, 0.3) is 0 Å². The summed E-state index contributed by atoms with van der Waals surface area (Å²) in [6.45, 7) is 5.09. The molecule has 26 heavy (non-hydrogen) atoms. The Balaban J connectivity index is 1.95. The molecule has 2 nitrogen and oxygen atoms in total. The number of aliphatic imine (C=N–C) groups is 1. The van der Waals surface area contributed by atoms with Crippen molar-refractivity contribution in [3.63, 3.8) is 0 Å². The van der Waals surface area contributed by atoms with Crippen LogP contribution in [-0.2, 0) is 6.54 Å². The van der Waals surface area contributed by atoms with Crippen molar-refractivity contribution in [2.75, 3.05) is 0 Å². The zero-order chi connectivity index (χ0) is 18.2. The van der Waals surface area contributed by atoms with E-state index in [9.17, 15) is 0 Å². The third kappa shape index (κ3) is 5.16. The van der Waals surface area contributed by atoms with Crippen LogP contribution in [0.1, 0.15) is 25.8 Å². The van der Waals surface area contributed by atoms with E-state index in [2.05, 4.69) is 104 Å². The minimum Gasteiger partial charge on any atom is -0.368 e. The van der Waals surface area contributed by atoms with Gasteiger partial charge in [0.2, 0.25) is 0 Å². The second kappa shape index (κ2) is 9.50. The Morgan fingerprint density at radius 3 is 2.35 bits per heavy atom. The van der Waals surface area contributed by atoms with Gasteiger partial charge >= 0.3 is 0 Å². The second-order valence-corrected chi connectivity index (χ2v) is 9.09. The number of hydrogen-bond donors (Lipinski definition) is 1. The van der Waals surface area contributed by atoms with Gasteiger partial charge in [0.15, 0.2) is 0 Å². The Morgan fingerprint density at radius 2 is 1.73 bits per heavy atom. The monoisotopic (exact) mass is 362 g/mol. The third-order valence-electron chi connectivity index (χ3n) is 4.22. The lowest BCUT2D eigenvalue weighted by Gasteiger charge is -2.29. The van der Waals surface area contributed by atoms with Crippen LogP contribution < -0.4 is 10.6 Å². The molecule has 0 saturated heterocycles. The molecule has 1 aliphatic carbocycles. The predicted molar refractivity (Wildman–Crippen MR) is 116 cm³/mol. The maximum absolute atomic E-state index is 5.06. The lowest BCUT2D eigenvalue weighted by molar-refractivity contribution is 0.735.